The van der Waals surface area contributed by atoms with Crippen LogP contribution in [-0.2, 0) is 11.2 Å². The molecule has 0 unspecified atom stereocenters. The molecule has 1 atom stereocenters. The van der Waals surface area contributed by atoms with Crippen molar-refractivity contribution in [3.8, 4) is 0 Å². The van der Waals surface area contributed by atoms with E-state index in [0.29, 0.717) is 5.69 Å². The summed E-state index contributed by atoms with van der Waals surface area (Å²) in [5.41, 5.74) is 2.00. The van der Waals surface area contributed by atoms with Gasteiger partial charge in [0.1, 0.15) is 5.69 Å². The SMILES string of the molecule is O=C(c1ccccn1)N1CC2(CO[C@H](Cc3ccccc3)C2)C1. The van der Waals surface area contributed by atoms with Crippen LogP contribution in [-0.4, -0.2) is 41.6 Å². The summed E-state index contributed by atoms with van der Waals surface area (Å²) in [6, 6.07) is 15.9. The number of carbonyl (C=O) groups is 1. The summed E-state index contributed by atoms with van der Waals surface area (Å²) in [7, 11) is 0. The second-order valence-electron chi connectivity index (χ2n) is 6.70. The quantitative estimate of drug-likeness (QED) is 0.875. The Bertz CT molecular complexity index is 681. The first-order valence-electron chi connectivity index (χ1n) is 8.10. The van der Waals surface area contributed by atoms with Gasteiger partial charge in [0.05, 0.1) is 12.7 Å². The monoisotopic (exact) mass is 308 g/mol. The Balaban J connectivity index is 1.34. The van der Waals surface area contributed by atoms with Crippen molar-refractivity contribution >= 4 is 5.91 Å². The lowest BCUT2D eigenvalue weighted by Crippen LogP contribution is -2.59. The average molecular weight is 308 g/mol. The fraction of sp³-hybridized carbons (Fsp3) is 0.368. The zero-order valence-corrected chi connectivity index (χ0v) is 13.0. The van der Waals surface area contributed by atoms with E-state index in [-0.39, 0.29) is 17.4 Å². The Kier molecular flexibility index (Phi) is 3.62. The van der Waals surface area contributed by atoms with Gasteiger partial charge in [-0.05, 0) is 30.5 Å². The molecule has 1 aromatic heterocycles. The van der Waals surface area contributed by atoms with Crippen LogP contribution in [0.1, 0.15) is 22.5 Å². The van der Waals surface area contributed by atoms with E-state index in [4.69, 9.17) is 4.74 Å². The molecule has 2 aromatic rings. The lowest BCUT2D eigenvalue weighted by atomic mass is 9.77. The molecule has 0 saturated carbocycles. The molecule has 0 N–H and O–H groups in total. The molecule has 4 rings (SSSR count). The maximum absolute atomic E-state index is 12.4. The molecule has 4 heteroatoms. The maximum Gasteiger partial charge on any atom is 0.272 e. The minimum Gasteiger partial charge on any atom is -0.377 e. The fourth-order valence-electron chi connectivity index (χ4n) is 3.68. The number of likely N-dealkylation sites (tertiary alicyclic amines) is 1. The van der Waals surface area contributed by atoms with E-state index in [1.807, 2.05) is 23.1 Å². The van der Waals surface area contributed by atoms with Gasteiger partial charge in [-0.1, -0.05) is 36.4 Å². The molecule has 118 valence electrons. The standard InChI is InChI=1S/C19H20N2O2/c22-18(17-8-4-5-9-20-17)21-12-19(13-21)11-16(23-14-19)10-15-6-2-1-3-7-15/h1-9,16H,10-14H2/t16-/m1/s1. The second kappa shape index (κ2) is 5.78. The van der Waals surface area contributed by atoms with Crippen molar-refractivity contribution in [1.29, 1.82) is 0 Å². The van der Waals surface area contributed by atoms with Gasteiger partial charge >= 0.3 is 0 Å². The molecular weight excluding hydrogens is 288 g/mol. The van der Waals surface area contributed by atoms with Crippen molar-refractivity contribution < 1.29 is 9.53 Å². The third kappa shape index (κ3) is 2.86. The number of carbonyl (C=O) groups excluding carboxylic acids is 1. The number of hydrogen-bond donors (Lipinski definition) is 0. The second-order valence-corrected chi connectivity index (χ2v) is 6.70. The Morgan fingerprint density at radius 2 is 1.96 bits per heavy atom. The van der Waals surface area contributed by atoms with Crippen LogP contribution in [0.5, 0.6) is 0 Å². The Hall–Kier alpha value is -2.20. The van der Waals surface area contributed by atoms with Crippen LogP contribution in [0, 0.1) is 5.41 Å². The number of amides is 1. The van der Waals surface area contributed by atoms with E-state index >= 15 is 0 Å². The zero-order valence-electron chi connectivity index (χ0n) is 13.0. The van der Waals surface area contributed by atoms with Gasteiger partial charge in [0, 0.05) is 24.7 Å². The van der Waals surface area contributed by atoms with Crippen molar-refractivity contribution in [1.82, 2.24) is 9.88 Å². The van der Waals surface area contributed by atoms with Crippen LogP contribution in [0.4, 0.5) is 0 Å². The molecule has 1 spiro atoms. The number of hydrogen-bond acceptors (Lipinski definition) is 3. The molecule has 1 aromatic carbocycles. The topological polar surface area (TPSA) is 42.4 Å². The highest BCUT2D eigenvalue weighted by Gasteiger charge is 2.50. The molecule has 3 heterocycles. The molecule has 2 saturated heterocycles. The molecule has 0 bridgehead atoms. The lowest BCUT2D eigenvalue weighted by Gasteiger charge is -2.47. The van der Waals surface area contributed by atoms with Crippen molar-refractivity contribution in [3.63, 3.8) is 0 Å². The van der Waals surface area contributed by atoms with E-state index in [2.05, 4.69) is 29.2 Å². The molecule has 1 amide bonds. The maximum atomic E-state index is 12.4. The minimum absolute atomic E-state index is 0.0303. The van der Waals surface area contributed by atoms with E-state index in [1.165, 1.54) is 5.56 Å². The van der Waals surface area contributed by atoms with Gasteiger partial charge in [0.2, 0.25) is 0 Å². The number of nitrogens with zero attached hydrogens (tertiary/aromatic N) is 2. The van der Waals surface area contributed by atoms with Crippen molar-refractivity contribution in [2.75, 3.05) is 19.7 Å². The number of aromatic nitrogens is 1. The van der Waals surface area contributed by atoms with Crippen LogP contribution in [0.25, 0.3) is 0 Å². The predicted octanol–water partition coefficient (Wildman–Crippen LogP) is 2.56. The molecule has 0 radical (unpaired) electrons. The normalized spacial score (nSPS) is 22.1. The number of rotatable bonds is 3. The van der Waals surface area contributed by atoms with Gasteiger partial charge in [-0.3, -0.25) is 9.78 Å². The number of benzene rings is 1. The highest BCUT2D eigenvalue weighted by Crippen LogP contribution is 2.42. The van der Waals surface area contributed by atoms with E-state index in [0.717, 1.165) is 32.5 Å². The van der Waals surface area contributed by atoms with Crippen LogP contribution in [0.3, 0.4) is 0 Å². The molecule has 2 aliphatic heterocycles. The summed E-state index contributed by atoms with van der Waals surface area (Å²) >= 11 is 0. The zero-order chi connectivity index (χ0) is 15.7. The molecular formula is C19H20N2O2. The summed E-state index contributed by atoms with van der Waals surface area (Å²) in [4.78, 5) is 18.4. The van der Waals surface area contributed by atoms with Crippen LogP contribution < -0.4 is 0 Å². The number of pyridine rings is 1. The van der Waals surface area contributed by atoms with Crippen LogP contribution in [0.2, 0.25) is 0 Å². The highest BCUT2D eigenvalue weighted by molar-refractivity contribution is 5.92. The van der Waals surface area contributed by atoms with Crippen LogP contribution in [0.15, 0.2) is 54.7 Å². The first-order chi connectivity index (χ1) is 11.2. The van der Waals surface area contributed by atoms with Gasteiger partial charge in [-0.15, -0.1) is 0 Å². The van der Waals surface area contributed by atoms with Gasteiger partial charge < -0.3 is 9.64 Å². The van der Waals surface area contributed by atoms with Crippen LogP contribution >= 0.6 is 0 Å². The first kappa shape index (κ1) is 14.4. The average Bonchev–Trinajstić information content (AvgIpc) is 2.99. The van der Waals surface area contributed by atoms with Gasteiger partial charge in [-0.25, -0.2) is 0 Å². The number of ether oxygens (including phenoxy) is 1. The Morgan fingerprint density at radius 3 is 2.70 bits per heavy atom. The summed E-state index contributed by atoms with van der Waals surface area (Å²) < 4.78 is 5.99. The minimum atomic E-state index is 0.0303. The molecule has 23 heavy (non-hydrogen) atoms. The lowest BCUT2D eigenvalue weighted by molar-refractivity contribution is -0.00172. The third-order valence-electron chi connectivity index (χ3n) is 4.82. The predicted molar refractivity (Wildman–Crippen MR) is 87.1 cm³/mol. The molecule has 4 nitrogen and oxygen atoms in total. The van der Waals surface area contributed by atoms with Gasteiger partial charge in [-0.2, -0.15) is 0 Å². The molecule has 0 aliphatic carbocycles. The van der Waals surface area contributed by atoms with Crippen molar-refractivity contribution in [2.45, 2.75) is 18.9 Å². The Labute approximate surface area is 136 Å². The van der Waals surface area contributed by atoms with Crippen molar-refractivity contribution in [3.05, 3.63) is 66.0 Å². The summed E-state index contributed by atoms with van der Waals surface area (Å²) in [6.07, 6.45) is 3.92. The summed E-state index contributed by atoms with van der Waals surface area (Å²) in [6.45, 7) is 2.33. The Morgan fingerprint density at radius 1 is 1.17 bits per heavy atom. The fourth-order valence-corrected chi connectivity index (χ4v) is 3.68. The molecule has 2 fully saturated rings. The van der Waals surface area contributed by atoms with Gasteiger partial charge in [0.25, 0.3) is 5.91 Å². The largest absolute Gasteiger partial charge is 0.377 e. The smallest absolute Gasteiger partial charge is 0.272 e. The third-order valence-corrected chi connectivity index (χ3v) is 4.82. The van der Waals surface area contributed by atoms with E-state index < -0.39 is 0 Å². The first-order valence-corrected chi connectivity index (χ1v) is 8.10. The van der Waals surface area contributed by atoms with E-state index in [9.17, 15) is 4.79 Å². The summed E-state index contributed by atoms with van der Waals surface area (Å²) in [5.74, 6) is 0.0303. The summed E-state index contributed by atoms with van der Waals surface area (Å²) in [5, 5.41) is 0. The van der Waals surface area contributed by atoms with E-state index in [1.54, 1.807) is 12.3 Å². The molecule has 2 aliphatic rings. The van der Waals surface area contributed by atoms with Crippen molar-refractivity contribution in [2.24, 2.45) is 5.41 Å². The highest BCUT2D eigenvalue weighted by atomic mass is 16.5. The van der Waals surface area contributed by atoms with Gasteiger partial charge in [0.15, 0.2) is 0 Å².